The molecule has 0 amide bonds. The molecule has 0 radical (unpaired) electrons. The molecule has 4 heteroatoms. The van der Waals surface area contributed by atoms with Gasteiger partial charge in [-0.2, -0.15) is 0 Å². The Balaban J connectivity index is 2.41. The molecule has 94 valence electrons. The minimum absolute atomic E-state index is 0.500. The maximum absolute atomic E-state index is 6.08. The lowest BCUT2D eigenvalue weighted by Crippen LogP contribution is -1.94. The molecular formula is C14H13BrClNO. The number of rotatable bonds is 2. The minimum atomic E-state index is 0.500. The van der Waals surface area contributed by atoms with Crippen LogP contribution < -0.4 is 10.5 Å². The van der Waals surface area contributed by atoms with E-state index in [1.807, 2.05) is 26.0 Å². The van der Waals surface area contributed by atoms with Crippen molar-refractivity contribution < 1.29 is 4.74 Å². The average molecular weight is 327 g/mol. The van der Waals surface area contributed by atoms with Gasteiger partial charge in [0, 0.05) is 4.47 Å². The summed E-state index contributed by atoms with van der Waals surface area (Å²) in [6.45, 7) is 4.03. The molecule has 18 heavy (non-hydrogen) atoms. The predicted molar refractivity (Wildman–Crippen MR) is 79.6 cm³/mol. The molecule has 0 aromatic heterocycles. The van der Waals surface area contributed by atoms with Crippen LogP contribution in [0.5, 0.6) is 11.5 Å². The van der Waals surface area contributed by atoms with Gasteiger partial charge in [-0.1, -0.05) is 33.6 Å². The number of anilines is 1. The Hall–Kier alpha value is -1.19. The van der Waals surface area contributed by atoms with E-state index in [9.17, 15) is 0 Å². The molecule has 2 N–H and O–H groups in total. The van der Waals surface area contributed by atoms with Crippen molar-refractivity contribution >= 4 is 33.2 Å². The fourth-order valence-corrected chi connectivity index (χ4v) is 2.17. The van der Waals surface area contributed by atoms with Crippen LogP contribution in [0.25, 0.3) is 0 Å². The van der Waals surface area contributed by atoms with Gasteiger partial charge in [0.05, 0.1) is 10.7 Å². The van der Waals surface area contributed by atoms with E-state index in [0.717, 1.165) is 21.3 Å². The summed E-state index contributed by atoms with van der Waals surface area (Å²) in [6, 6.07) is 9.20. The van der Waals surface area contributed by atoms with Crippen molar-refractivity contribution in [1.82, 2.24) is 0 Å². The number of aryl methyl sites for hydroxylation is 2. The molecule has 0 spiro atoms. The van der Waals surface area contributed by atoms with E-state index in [0.29, 0.717) is 16.5 Å². The van der Waals surface area contributed by atoms with Crippen LogP contribution >= 0.6 is 27.5 Å². The van der Waals surface area contributed by atoms with E-state index in [2.05, 4.69) is 15.9 Å². The summed E-state index contributed by atoms with van der Waals surface area (Å²) in [4.78, 5) is 0. The fourth-order valence-electron chi connectivity index (χ4n) is 1.72. The molecule has 0 aliphatic heterocycles. The molecule has 0 fully saturated rings. The lowest BCUT2D eigenvalue weighted by Gasteiger charge is -2.12. The van der Waals surface area contributed by atoms with Gasteiger partial charge in [0.1, 0.15) is 5.75 Å². The minimum Gasteiger partial charge on any atom is -0.454 e. The molecule has 2 aromatic rings. The van der Waals surface area contributed by atoms with E-state index in [1.54, 1.807) is 18.2 Å². The second-order valence-corrected chi connectivity index (χ2v) is 5.33. The molecule has 0 aliphatic carbocycles. The normalized spacial score (nSPS) is 10.4. The number of benzene rings is 2. The summed E-state index contributed by atoms with van der Waals surface area (Å²) in [5, 5.41) is 0.508. The van der Waals surface area contributed by atoms with Crippen LogP contribution in [0.2, 0.25) is 5.02 Å². The quantitative estimate of drug-likeness (QED) is 0.780. The van der Waals surface area contributed by atoms with Gasteiger partial charge < -0.3 is 10.5 Å². The van der Waals surface area contributed by atoms with Crippen molar-refractivity contribution in [2.75, 3.05) is 5.73 Å². The lowest BCUT2D eigenvalue weighted by atomic mass is 10.1. The molecule has 0 saturated heterocycles. The Morgan fingerprint density at radius 2 is 1.78 bits per heavy atom. The average Bonchev–Trinajstić information content (AvgIpc) is 2.31. The van der Waals surface area contributed by atoms with Gasteiger partial charge in [0.25, 0.3) is 0 Å². The van der Waals surface area contributed by atoms with Crippen LogP contribution in [-0.4, -0.2) is 0 Å². The van der Waals surface area contributed by atoms with Crippen LogP contribution in [0, 0.1) is 13.8 Å². The van der Waals surface area contributed by atoms with Gasteiger partial charge >= 0.3 is 0 Å². The monoisotopic (exact) mass is 325 g/mol. The van der Waals surface area contributed by atoms with Crippen molar-refractivity contribution in [3.63, 3.8) is 0 Å². The van der Waals surface area contributed by atoms with E-state index in [-0.39, 0.29) is 0 Å². The van der Waals surface area contributed by atoms with Crippen LogP contribution in [0.4, 0.5) is 5.69 Å². The van der Waals surface area contributed by atoms with E-state index < -0.39 is 0 Å². The Morgan fingerprint density at radius 1 is 1.17 bits per heavy atom. The number of ether oxygens (including phenoxy) is 1. The Kier molecular flexibility index (Phi) is 3.83. The molecule has 0 atom stereocenters. The van der Waals surface area contributed by atoms with E-state index in [1.165, 1.54) is 0 Å². The second-order valence-electron chi connectivity index (χ2n) is 4.13. The zero-order valence-corrected chi connectivity index (χ0v) is 12.5. The zero-order chi connectivity index (χ0) is 13.3. The smallest absolute Gasteiger partial charge is 0.168 e. The molecule has 0 saturated carbocycles. The van der Waals surface area contributed by atoms with Gasteiger partial charge in [-0.15, -0.1) is 0 Å². The van der Waals surface area contributed by atoms with Gasteiger partial charge in [0.2, 0.25) is 0 Å². The van der Waals surface area contributed by atoms with E-state index >= 15 is 0 Å². The topological polar surface area (TPSA) is 35.2 Å². The second kappa shape index (κ2) is 5.21. The Morgan fingerprint density at radius 3 is 2.33 bits per heavy atom. The molecule has 2 nitrogen and oxygen atoms in total. The highest BCUT2D eigenvalue weighted by Crippen LogP contribution is 2.36. The van der Waals surface area contributed by atoms with Crippen molar-refractivity contribution in [2.45, 2.75) is 13.8 Å². The SMILES string of the molecule is Cc1cc(Oc2c(N)cccc2Cl)cc(C)c1Br. The lowest BCUT2D eigenvalue weighted by molar-refractivity contribution is 0.484. The molecule has 2 aromatic carbocycles. The molecule has 0 aliphatic rings. The van der Waals surface area contributed by atoms with Crippen molar-refractivity contribution in [3.8, 4) is 11.5 Å². The summed E-state index contributed by atoms with van der Waals surface area (Å²) in [6.07, 6.45) is 0. The molecule has 0 bridgehead atoms. The number of nitrogens with two attached hydrogens (primary N) is 1. The number of hydrogen-bond acceptors (Lipinski definition) is 2. The summed E-state index contributed by atoms with van der Waals surface area (Å²) in [5.74, 6) is 1.23. The van der Waals surface area contributed by atoms with Crippen molar-refractivity contribution in [1.29, 1.82) is 0 Å². The van der Waals surface area contributed by atoms with Crippen molar-refractivity contribution in [2.24, 2.45) is 0 Å². The third kappa shape index (κ3) is 2.62. The van der Waals surface area contributed by atoms with E-state index in [4.69, 9.17) is 22.1 Å². The maximum atomic E-state index is 6.08. The molecular weight excluding hydrogens is 314 g/mol. The number of halogens is 2. The Bertz CT molecular complexity index is 555. The predicted octanol–water partition coefficient (Wildman–Crippen LogP) is 5.09. The van der Waals surface area contributed by atoms with Gasteiger partial charge in [-0.25, -0.2) is 0 Å². The molecule has 0 heterocycles. The standard InChI is InChI=1S/C14H13BrClNO/c1-8-6-10(7-9(2)13(8)15)18-14-11(16)4-3-5-12(14)17/h3-7H,17H2,1-2H3. The summed E-state index contributed by atoms with van der Waals surface area (Å²) in [5.41, 5.74) is 8.60. The first-order chi connectivity index (χ1) is 8.49. The van der Waals surface area contributed by atoms with Gasteiger partial charge in [0.15, 0.2) is 5.75 Å². The first-order valence-corrected chi connectivity index (χ1v) is 6.64. The molecule has 2 rings (SSSR count). The summed E-state index contributed by atoms with van der Waals surface area (Å²) in [7, 11) is 0. The number of hydrogen-bond donors (Lipinski definition) is 1. The van der Waals surface area contributed by atoms with Gasteiger partial charge in [-0.05, 0) is 49.2 Å². The third-order valence-corrected chi connectivity index (χ3v) is 4.18. The largest absolute Gasteiger partial charge is 0.454 e. The first-order valence-electron chi connectivity index (χ1n) is 5.47. The highest BCUT2D eigenvalue weighted by atomic mass is 79.9. The third-order valence-electron chi connectivity index (χ3n) is 2.63. The molecule has 0 unspecified atom stereocenters. The maximum Gasteiger partial charge on any atom is 0.168 e. The summed E-state index contributed by atoms with van der Waals surface area (Å²) < 4.78 is 6.86. The zero-order valence-electron chi connectivity index (χ0n) is 10.1. The van der Waals surface area contributed by atoms with Crippen LogP contribution in [0.1, 0.15) is 11.1 Å². The van der Waals surface area contributed by atoms with Crippen molar-refractivity contribution in [3.05, 3.63) is 51.0 Å². The highest BCUT2D eigenvalue weighted by molar-refractivity contribution is 9.10. The first kappa shape index (κ1) is 13.2. The summed E-state index contributed by atoms with van der Waals surface area (Å²) >= 11 is 9.60. The Labute approximate surface area is 120 Å². The fraction of sp³-hybridized carbons (Fsp3) is 0.143. The van der Waals surface area contributed by atoms with Crippen LogP contribution in [-0.2, 0) is 0 Å². The highest BCUT2D eigenvalue weighted by Gasteiger charge is 2.09. The van der Waals surface area contributed by atoms with Crippen LogP contribution in [0.3, 0.4) is 0 Å². The number of nitrogen functional groups attached to an aromatic ring is 1. The van der Waals surface area contributed by atoms with Crippen LogP contribution in [0.15, 0.2) is 34.8 Å². The number of para-hydroxylation sites is 1. The van der Waals surface area contributed by atoms with Gasteiger partial charge in [-0.3, -0.25) is 0 Å².